The van der Waals surface area contributed by atoms with Gasteiger partial charge in [0, 0.05) is 17.7 Å². The van der Waals surface area contributed by atoms with Gasteiger partial charge in [-0.2, -0.15) is 0 Å². The number of carbonyl (C=O) groups excluding carboxylic acids is 2. The molecule has 0 aliphatic heterocycles. The Balaban J connectivity index is 1.53. The van der Waals surface area contributed by atoms with E-state index in [1.54, 1.807) is 54.9 Å². The zero-order valence-electron chi connectivity index (χ0n) is 20.8. The van der Waals surface area contributed by atoms with Crippen LogP contribution in [0.3, 0.4) is 0 Å². The van der Waals surface area contributed by atoms with Gasteiger partial charge in [0.25, 0.3) is 0 Å². The second-order valence-corrected chi connectivity index (χ2v) is 8.24. The Kier molecular flexibility index (Phi) is 8.25. The molecule has 0 atom stereocenters. The van der Waals surface area contributed by atoms with Crippen LogP contribution in [0.2, 0.25) is 0 Å². The second kappa shape index (κ2) is 12.1. The monoisotopic (exact) mass is 505 g/mol. The van der Waals surface area contributed by atoms with Crippen LogP contribution < -0.4 is 21.5 Å². The molecule has 4 aromatic rings. The SMILES string of the molecule is CCOc1ccc(N)c(NC(=O)/C=C/c2cnc(/C=C(\c3ccccc3)c3cccc(C(N)=O)c3)cn2)c1. The lowest BCUT2D eigenvalue weighted by Gasteiger charge is -2.10. The van der Waals surface area contributed by atoms with E-state index in [-0.39, 0.29) is 5.91 Å². The van der Waals surface area contributed by atoms with Gasteiger partial charge in [0.05, 0.1) is 41.8 Å². The van der Waals surface area contributed by atoms with Crippen molar-refractivity contribution >= 4 is 40.9 Å². The van der Waals surface area contributed by atoms with Crippen molar-refractivity contribution in [1.82, 2.24) is 9.97 Å². The molecule has 0 bridgehead atoms. The van der Waals surface area contributed by atoms with Gasteiger partial charge in [-0.05, 0) is 60.0 Å². The third-order valence-corrected chi connectivity index (χ3v) is 5.53. The summed E-state index contributed by atoms with van der Waals surface area (Å²) >= 11 is 0. The number of rotatable bonds is 9. The zero-order chi connectivity index (χ0) is 26.9. The molecule has 0 saturated heterocycles. The summed E-state index contributed by atoms with van der Waals surface area (Å²) in [6.07, 6.45) is 7.99. The van der Waals surface area contributed by atoms with E-state index >= 15 is 0 Å². The summed E-state index contributed by atoms with van der Waals surface area (Å²) in [6, 6.07) is 22.0. The van der Waals surface area contributed by atoms with Crippen molar-refractivity contribution in [3.63, 3.8) is 0 Å². The minimum atomic E-state index is -0.496. The van der Waals surface area contributed by atoms with Crippen LogP contribution in [0.25, 0.3) is 17.7 Å². The van der Waals surface area contributed by atoms with Crippen molar-refractivity contribution in [2.45, 2.75) is 6.92 Å². The summed E-state index contributed by atoms with van der Waals surface area (Å²) in [5, 5.41) is 2.74. The Morgan fingerprint density at radius 2 is 1.61 bits per heavy atom. The highest BCUT2D eigenvalue weighted by Gasteiger charge is 2.09. The molecule has 1 aromatic heterocycles. The first-order chi connectivity index (χ1) is 18.4. The lowest BCUT2D eigenvalue weighted by Crippen LogP contribution is -2.10. The van der Waals surface area contributed by atoms with Crippen molar-refractivity contribution in [3.8, 4) is 5.75 Å². The third kappa shape index (κ3) is 6.70. The van der Waals surface area contributed by atoms with Gasteiger partial charge < -0.3 is 21.5 Å². The number of hydrogen-bond acceptors (Lipinski definition) is 6. The van der Waals surface area contributed by atoms with Gasteiger partial charge in [0.1, 0.15) is 5.75 Å². The van der Waals surface area contributed by atoms with E-state index in [0.717, 1.165) is 16.7 Å². The normalized spacial score (nSPS) is 11.3. The van der Waals surface area contributed by atoms with E-state index < -0.39 is 5.91 Å². The van der Waals surface area contributed by atoms with Gasteiger partial charge >= 0.3 is 0 Å². The maximum absolute atomic E-state index is 12.4. The average Bonchev–Trinajstić information content (AvgIpc) is 2.94. The fraction of sp³-hybridized carbons (Fsp3) is 0.0667. The van der Waals surface area contributed by atoms with Crippen LogP contribution in [0.5, 0.6) is 5.75 Å². The van der Waals surface area contributed by atoms with Crippen LogP contribution in [0, 0.1) is 0 Å². The molecule has 0 fully saturated rings. The van der Waals surface area contributed by atoms with Crippen LogP contribution in [0.4, 0.5) is 11.4 Å². The first-order valence-corrected chi connectivity index (χ1v) is 11.9. The molecule has 0 aliphatic carbocycles. The highest BCUT2D eigenvalue weighted by molar-refractivity contribution is 6.03. The third-order valence-electron chi connectivity index (χ3n) is 5.53. The van der Waals surface area contributed by atoms with Crippen LogP contribution in [0.15, 0.2) is 91.3 Å². The number of ether oxygens (including phenoxy) is 1. The second-order valence-electron chi connectivity index (χ2n) is 8.24. The predicted octanol–water partition coefficient (Wildman–Crippen LogP) is 4.80. The molecule has 8 heteroatoms. The molecule has 0 unspecified atom stereocenters. The molecule has 190 valence electrons. The van der Waals surface area contributed by atoms with Crippen LogP contribution >= 0.6 is 0 Å². The number of carbonyl (C=O) groups is 2. The highest BCUT2D eigenvalue weighted by atomic mass is 16.5. The minimum Gasteiger partial charge on any atom is -0.494 e. The van der Waals surface area contributed by atoms with E-state index in [4.69, 9.17) is 16.2 Å². The summed E-state index contributed by atoms with van der Waals surface area (Å²) in [6.45, 7) is 2.39. The number of primary amides is 1. The van der Waals surface area contributed by atoms with Crippen LogP contribution in [0.1, 0.15) is 39.8 Å². The molecule has 5 N–H and O–H groups in total. The number of anilines is 2. The number of amides is 2. The van der Waals surface area contributed by atoms with E-state index in [1.807, 2.05) is 49.4 Å². The summed E-state index contributed by atoms with van der Waals surface area (Å²) in [5.41, 5.74) is 16.5. The molecule has 0 spiro atoms. The number of aromatic nitrogens is 2. The van der Waals surface area contributed by atoms with Gasteiger partial charge in [-0.25, -0.2) is 0 Å². The Labute approximate surface area is 220 Å². The molecule has 1 heterocycles. The van der Waals surface area contributed by atoms with E-state index in [1.165, 1.54) is 6.08 Å². The number of hydrogen-bond donors (Lipinski definition) is 3. The Hall–Kier alpha value is -5.24. The minimum absolute atomic E-state index is 0.364. The number of nitrogens with zero attached hydrogens (tertiary/aromatic N) is 2. The summed E-state index contributed by atoms with van der Waals surface area (Å²) in [4.78, 5) is 33.0. The molecule has 0 saturated carbocycles. The largest absolute Gasteiger partial charge is 0.494 e. The fourth-order valence-electron chi connectivity index (χ4n) is 3.68. The van der Waals surface area contributed by atoms with Crippen molar-refractivity contribution in [1.29, 1.82) is 0 Å². The molecular formula is C30H27N5O3. The Morgan fingerprint density at radius 3 is 2.32 bits per heavy atom. The lowest BCUT2D eigenvalue weighted by atomic mass is 9.95. The van der Waals surface area contributed by atoms with Crippen molar-refractivity contribution in [2.24, 2.45) is 5.73 Å². The van der Waals surface area contributed by atoms with Gasteiger partial charge in [-0.3, -0.25) is 19.6 Å². The number of benzene rings is 3. The molecule has 2 amide bonds. The number of nitrogens with one attached hydrogen (secondary N) is 1. The van der Waals surface area contributed by atoms with E-state index in [0.29, 0.717) is 40.7 Å². The Bertz CT molecular complexity index is 1500. The first-order valence-electron chi connectivity index (χ1n) is 11.9. The topological polar surface area (TPSA) is 133 Å². The molecule has 38 heavy (non-hydrogen) atoms. The fourth-order valence-corrected chi connectivity index (χ4v) is 3.68. The zero-order valence-corrected chi connectivity index (χ0v) is 20.8. The Morgan fingerprint density at radius 1 is 0.895 bits per heavy atom. The molecule has 8 nitrogen and oxygen atoms in total. The standard InChI is InChI=1S/C30H27N5O3/c1-2-38-25-12-13-27(31)28(17-25)35-29(36)14-11-23-18-34-24(19-33-23)16-26(20-7-4-3-5-8-20)21-9-6-10-22(15-21)30(32)37/h3-19H,2,31H2,1H3,(H2,32,37)(H,35,36)/b14-11+,26-16+. The molecule has 0 aliphatic rings. The molecule has 3 aromatic carbocycles. The lowest BCUT2D eigenvalue weighted by molar-refractivity contribution is -0.111. The summed E-state index contributed by atoms with van der Waals surface area (Å²) < 4.78 is 5.46. The predicted molar refractivity (Wildman–Crippen MR) is 150 cm³/mol. The molecule has 4 rings (SSSR count). The summed E-state index contributed by atoms with van der Waals surface area (Å²) in [5.74, 6) is -0.243. The first kappa shape index (κ1) is 25.8. The van der Waals surface area contributed by atoms with Crippen molar-refractivity contribution < 1.29 is 14.3 Å². The van der Waals surface area contributed by atoms with Gasteiger partial charge in [-0.15, -0.1) is 0 Å². The van der Waals surface area contributed by atoms with Gasteiger partial charge in [-0.1, -0.05) is 42.5 Å². The highest BCUT2D eigenvalue weighted by Crippen LogP contribution is 2.27. The molecular weight excluding hydrogens is 478 g/mol. The average molecular weight is 506 g/mol. The van der Waals surface area contributed by atoms with Crippen LogP contribution in [-0.4, -0.2) is 28.4 Å². The van der Waals surface area contributed by atoms with Crippen LogP contribution in [-0.2, 0) is 4.79 Å². The van der Waals surface area contributed by atoms with E-state index in [2.05, 4.69) is 15.3 Å². The van der Waals surface area contributed by atoms with Gasteiger partial charge in [0.15, 0.2) is 0 Å². The van der Waals surface area contributed by atoms with E-state index in [9.17, 15) is 9.59 Å². The number of nitrogen functional groups attached to an aromatic ring is 1. The maximum Gasteiger partial charge on any atom is 0.248 e. The quantitative estimate of drug-likeness (QED) is 0.221. The summed E-state index contributed by atoms with van der Waals surface area (Å²) in [7, 11) is 0. The number of nitrogens with two attached hydrogens (primary N) is 2. The van der Waals surface area contributed by atoms with Gasteiger partial charge in [0.2, 0.25) is 11.8 Å². The maximum atomic E-state index is 12.4. The van der Waals surface area contributed by atoms with Crippen molar-refractivity contribution in [2.75, 3.05) is 17.7 Å². The molecule has 0 radical (unpaired) electrons. The van der Waals surface area contributed by atoms with Crippen molar-refractivity contribution in [3.05, 3.63) is 119 Å². The smallest absolute Gasteiger partial charge is 0.248 e.